The Morgan fingerprint density at radius 2 is 2.20 bits per heavy atom. The van der Waals surface area contributed by atoms with E-state index in [2.05, 4.69) is 6.92 Å². The van der Waals surface area contributed by atoms with Crippen molar-refractivity contribution in [1.29, 1.82) is 0 Å². The Morgan fingerprint density at radius 3 is 2.20 bits per heavy atom. The van der Waals surface area contributed by atoms with Gasteiger partial charge in [0, 0.05) is 13.7 Å². The molecule has 0 saturated heterocycles. The summed E-state index contributed by atoms with van der Waals surface area (Å²) in [5.74, 6) is 0. The van der Waals surface area contributed by atoms with Gasteiger partial charge in [0.25, 0.3) is 0 Å². The van der Waals surface area contributed by atoms with Gasteiger partial charge in [-0.15, -0.1) is 0 Å². The van der Waals surface area contributed by atoms with Crippen LogP contribution in [0.1, 0.15) is 13.3 Å². The lowest BCUT2D eigenvalue weighted by molar-refractivity contribution is 0.199. The fourth-order valence-corrected chi connectivity index (χ4v) is 0.204. The van der Waals surface area contributed by atoms with Crippen molar-refractivity contribution < 1.29 is 4.74 Å². The molecule has 0 aromatic heterocycles. The van der Waals surface area contributed by atoms with Crippen LogP contribution in [-0.2, 0) is 4.74 Å². The second kappa shape index (κ2) is 3.96. The molecular formula is C4H10O. The minimum Gasteiger partial charge on any atom is -0.385 e. The van der Waals surface area contributed by atoms with Crippen LogP contribution in [0.5, 0.6) is 0 Å². The molecule has 0 rings (SSSR count). The van der Waals surface area contributed by atoms with E-state index >= 15 is 0 Å². The highest BCUT2D eigenvalue weighted by atomic mass is 16.5. The van der Waals surface area contributed by atoms with Crippen molar-refractivity contribution in [2.24, 2.45) is 0 Å². The zero-order valence-electron chi connectivity index (χ0n) is 3.82. The number of rotatable bonds is 2. The lowest BCUT2D eigenvalue weighted by atomic mass is 10.5. The van der Waals surface area contributed by atoms with Crippen LogP contribution in [0, 0.1) is 0 Å². The molecule has 0 aliphatic carbocycles. The molecule has 0 aliphatic heterocycles. The first-order valence-corrected chi connectivity index (χ1v) is 1.90. The molecule has 0 aromatic carbocycles. The normalized spacial score (nSPS) is 8.40. The van der Waals surface area contributed by atoms with Gasteiger partial charge in [0.15, 0.2) is 0 Å². The molecule has 32 valence electrons. The standard InChI is InChI=1S/C4H10O/c1-3-4-5-2/h3-4H2,1-2H3. The smallest absolute Gasteiger partial charge is 0.0459 e. The van der Waals surface area contributed by atoms with E-state index in [0.29, 0.717) is 0 Å². The van der Waals surface area contributed by atoms with Gasteiger partial charge in [-0.3, -0.25) is 0 Å². The number of hydrogen-bond acceptors (Lipinski definition) is 1. The Labute approximate surface area is 32.9 Å². The predicted molar refractivity (Wildman–Crippen MR) is 22.2 cm³/mol. The van der Waals surface area contributed by atoms with Crippen LogP contribution in [0.25, 0.3) is 0 Å². The summed E-state index contributed by atoms with van der Waals surface area (Å²) in [7, 11) is 1.71. The number of hydrogen-bond donors (Lipinski definition) is 0. The van der Waals surface area contributed by atoms with E-state index in [9.17, 15) is 0 Å². The molecule has 1 nitrogen and oxygen atoms in total. The van der Waals surface area contributed by atoms with Crippen molar-refractivity contribution in [3.63, 3.8) is 0 Å². The molecule has 0 atom stereocenters. The molecule has 0 spiro atoms. The monoisotopic (exact) mass is 74.1 g/mol. The summed E-state index contributed by atoms with van der Waals surface area (Å²) in [5.41, 5.74) is 0. The van der Waals surface area contributed by atoms with Gasteiger partial charge in [0.1, 0.15) is 0 Å². The first-order chi connectivity index (χ1) is 2.41. The van der Waals surface area contributed by atoms with Gasteiger partial charge in [-0.05, 0) is 6.42 Å². The van der Waals surface area contributed by atoms with Gasteiger partial charge in [0.05, 0.1) is 0 Å². The fraction of sp³-hybridized carbons (Fsp3) is 1.00. The average molecular weight is 74.1 g/mol. The quantitative estimate of drug-likeness (QED) is 0.475. The fourth-order valence-electron chi connectivity index (χ4n) is 0.204. The Hall–Kier alpha value is -0.0400. The first-order valence-electron chi connectivity index (χ1n) is 1.90. The summed E-state index contributed by atoms with van der Waals surface area (Å²) in [4.78, 5) is 0. The molecule has 0 radical (unpaired) electrons. The van der Waals surface area contributed by atoms with Crippen molar-refractivity contribution in [3.8, 4) is 0 Å². The van der Waals surface area contributed by atoms with E-state index in [-0.39, 0.29) is 0 Å². The maximum absolute atomic E-state index is 4.69. The minimum atomic E-state index is 0.889. The number of methoxy groups -OCH3 is 1. The molecule has 0 N–H and O–H groups in total. The third kappa shape index (κ3) is 3.96. The molecule has 0 amide bonds. The van der Waals surface area contributed by atoms with Gasteiger partial charge in [-0.1, -0.05) is 6.92 Å². The molecule has 0 unspecified atom stereocenters. The molecular weight excluding hydrogens is 64.0 g/mol. The van der Waals surface area contributed by atoms with E-state index in [4.69, 9.17) is 4.74 Å². The molecule has 1 heteroatoms. The zero-order chi connectivity index (χ0) is 4.12. The average Bonchev–Trinajstić information content (AvgIpc) is 1.41. The van der Waals surface area contributed by atoms with E-state index in [0.717, 1.165) is 13.0 Å². The van der Waals surface area contributed by atoms with Crippen LogP contribution in [0.15, 0.2) is 0 Å². The van der Waals surface area contributed by atoms with Crippen molar-refractivity contribution >= 4 is 0 Å². The summed E-state index contributed by atoms with van der Waals surface area (Å²) < 4.78 is 4.69. The van der Waals surface area contributed by atoms with Crippen LogP contribution in [-0.4, -0.2) is 13.7 Å². The summed E-state index contributed by atoms with van der Waals surface area (Å²) in [6.07, 6.45) is 1.12. The van der Waals surface area contributed by atoms with E-state index in [1.807, 2.05) is 0 Å². The summed E-state index contributed by atoms with van der Waals surface area (Å²) >= 11 is 0. The molecule has 5 heavy (non-hydrogen) atoms. The maximum atomic E-state index is 4.69. The van der Waals surface area contributed by atoms with Crippen molar-refractivity contribution in [2.75, 3.05) is 13.7 Å². The third-order valence-electron chi connectivity index (χ3n) is 0.408. The Kier molecular flexibility index (Phi) is 3.93. The minimum absolute atomic E-state index is 0.889. The van der Waals surface area contributed by atoms with Crippen LogP contribution in [0.2, 0.25) is 0 Å². The topological polar surface area (TPSA) is 9.23 Å². The van der Waals surface area contributed by atoms with Gasteiger partial charge in [-0.25, -0.2) is 0 Å². The maximum Gasteiger partial charge on any atom is 0.0459 e. The molecule has 0 fully saturated rings. The lowest BCUT2D eigenvalue weighted by Gasteiger charge is -1.84. The third-order valence-corrected chi connectivity index (χ3v) is 0.408. The van der Waals surface area contributed by atoms with Crippen LogP contribution >= 0.6 is 0 Å². The molecule has 0 bridgehead atoms. The Bertz CT molecular complexity index is 11.1. The molecule has 0 heterocycles. The molecule has 0 saturated carbocycles. The van der Waals surface area contributed by atoms with Crippen molar-refractivity contribution in [1.82, 2.24) is 0 Å². The van der Waals surface area contributed by atoms with Crippen LogP contribution in [0.4, 0.5) is 0 Å². The van der Waals surface area contributed by atoms with E-state index in [1.54, 1.807) is 7.11 Å². The summed E-state index contributed by atoms with van der Waals surface area (Å²) in [6.45, 7) is 2.98. The van der Waals surface area contributed by atoms with Crippen molar-refractivity contribution in [3.05, 3.63) is 0 Å². The number of ether oxygens (including phenoxy) is 1. The molecule has 0 aromatic rings. The Morgan fingerprint density at radius 1 is 1.60 bits per heavy atom. The summed E-state index contributed by atoms with van der Waals surface area (Å²) in [6, 6.07) is 0. The Balaban J connectivity index is 2.19. The van der Waals surface area contributed by atoms with Crippen molar-refractivity contribution in [2.45, 2.75) is 13.3 Å². The van der Waals surface area contributed by atoms with Gasteiger partial charge in [-0.2, -0.15) is 0 Å². The molecule has 0 aliphatic rings. The highest BCUT2D eigenvalue weighted by molar-refractivity contribution is 4.15. The van der Waals surface area contributed by atoms with E-state index in [1.165, 1.54) is 0 Å². The van der Waals surface area contributed by atoms with E-state index < -0.39 is 0 Å². The highest BCUT2D eigenvalue weighted by Gasteiger charge is 1.66. The predicted octanol–water partition coefficient (Wildman–Crippen LogP) is 1.04. The second-order valence-electron chi connectivity index (χ2n) is 0.993. The van der Waals surface area contributed by atoms with Gasteiger partial charge >= 0.3 is 0 Å². The highest BCUT2D eigenvalue weighted by Crippen LogP contribution is 1.70. The van der Waals surface area contributed by atoms with Gasteiger partial charge < -0.3 is 4.74 Å². The van der Waals surface area contributed by atoms with Crippen LogP contribution in [0.3, 0.4) is 0 Å². The van der Waals surface area contributed by atoms with Gasteiger partial charge in [0.2, 0.25) is 0 Å². The summed E-state index contributed by atoms with van der Waals surface area (Å²) in [5, 5.41) is 0. The first kappa shape index (κ1) is 4.96. The second-order valence-corrected chi connectivity index (χ2v) is 0.993. The van der Waals surface area contributed by atoms with Crippen LogP contribution < -0.4 is 0 Å². The lowest BCUT2D eigenvalue weighted by Crippen LogP contribution is -1.80. The SMILES string of the molecule is CCCOC. The zero-order valence-corrected chi connectivity index (χ0v) is 3.82. The largest absolute Gasteiger partial charge is 0.385 e.